The Hall–Kier alpha value is -0.470. The molecule has 1 aromatic rings. The molecule has 1 saturated heterocycles. The lowest BCUT2D eigenvalue weighted by Crippen LogP contribution is -2.52. The predicted molar refractivity (Wildman–Crippen MR) is 89.9 cm³/mol. The quantitative estimate of drug-likeness (QED) is 0.884. The number of hydrogen-bond acceptors (Lipinski definition) is 5. The number of thiophene rings is 1. The van der Waals surface area contributed by atoms with E-state index in [0.29, 0.717) is 44.0 Å². The second-order valence-corrected chi connectivity index (χ2v) is 9.68. The molecule has 0 spiro atoms. The van der Waals surface area contributed by atoms with E-state index in [9.17, 15) is 13.5 Å². The molecular formula is C15H26N2O3S2. The molecule has 22 heavy (non-hydrogen) atoms. The molecule has 0 aliphatic carbocycles. The fourth-order valence-electron chi connectivity index (χ4n) is 2.72. The third-order valence-corrected chi connectivity index (χ3v) is 7.39. The summed E-state index contributed by atoms with van der Waals surface area (Å²) in [5.41, 5.74) is -0.706. The van der Waals surface area contributed by atoms with Crippen LogP contribution in [0.3, 0.4) is 0 Å². The first-order valence-corrected chi connectivity index (χ1v) is 9.93. The van der Waals surface area contributed by atoms with Crippen LogP contribution in [0.15, 0.2) is 11.0 Å². The van der Waals surface area contributed by atoms with Gasteiger partial charge in [0.15, 0.2) is 0 Å². The number of piperazine rings is 1. The number of nitrogens with zero attached hydrogens (tertiary/aromatic N) is 2. The van der Waals surface area contributed by atoms with Crippen molar-refractivity contribution in [2.45, 2.75) is 44.6 Å². The average molecular weight is 347 g/mol. The highest BCUT2D eigenvalue weighted by atomic mass is 32.2. The lowest BCUT2D eigenvalue weighted by molar-refractivity contribution is 0.00819. The first-order chi connectivity index (χ1) is 10.2. The molecule has 0 bridgehead atoms. The summed E-state index contributed by atoms with van der Waals surface area (Å²) < 4.78 is 27.0. The molecule has 1 fully saturated rings. The summed E-state index contributed by atoms with van der Waals surface area (Å²) in [6.45, 7) is 10.5. The Bertz CT molecular complexity index is 615. The van der Waals surface area contributed by atoms with Crippen LogP contribution in [0.25, 0.3) is 0 Å². The highest BCUT2D eigenvalue weighted by Gasteiger charge is 2.32. The molecule has 0 radical (unpaired) electrons. The smallest absolute Gasteiger partial charge is 0.244 e. The van der Waals surface area contributed by atoms with Gasteiger partial charge in [-0.25, -0.2) is 8.42 Å². The summed E-state index contributed by atoms with van der Waals surface area (Å²) >= 11 is 1.52. The minimum absolute atomic E-state index is 0.448. The Kier molecular flexibility index (Phi) is 5.34. The Morgan fingerprint density at radius 1 is 1.27 bits per heavy atom. The van der Waals surface area contributed by atoms with E-state index in [0.717, 1.165) is 9.75 Å². The van der Waals surface area contributed by atoms with E-state index < -0.39 is 15.6 Å². The molecule has 1 aliphatic heterocycles. The predicted octanol–water partition coefficient (Wildman–Crippen LogP) is 1.83. The van der Waals surface area contributed by atoms with Crippen LogP contribution >= 0.6 is 11.3 Å². The molecule has 1 N–H and O–H groups in total. The summed E-state index contributed by atoms with van der Waals surface area (Å²) in [5, 5.41) is 10.1. The molecule has 2 rings (SSSR count). The molecule has 1 aromatic heterocycles. The standard InChI is InChI=1S/C15H26N2O3S2/c1-5-15(4,18)11-16-6-8-17(9-7-16)22(19,20)14-10-12(2)21-13(14)3/h10,18H,5-9,11H2,1-4H3/t15-/m0/s1. The third-order valence-electron chi connectivity index (χ3n) is 4.27. The van der Waals surface area contributed by atoms with E-state index in [-0.39, 0.29) is 0 Å². The summed E-state index contributed by atoms with van der Waals surface area (Å²) in [6, 6.07) is 1.77. The zero-order valence-corrected chi connectivity index (χ0v) is 15.4. The van der Waals surface area contributed by atoms with E-state index in [1.807, 2.05) is 27.7 Å². The number of aliphatic hydroxyl groups is 1. The Balaban J connectivity index is 2.04. The molecule has 0 unspecified atom stereocenters. The van der Waals surface area contributed by atoms with Crippen molar-refractivity contribution >= 4 is 21.4 Å². The lowest BCUT2D eigenvalue weighted by atomic mass is 10.0. The first-order valence-electron chi connectivity index (χ1n) is 7.67. The number of β-amino-alcohol motifs (C(OH)–C–C–N with tert-alkyl or cyclic N) is 1. The van der Waals surface area contributed by atoms with Crippen LogP contribution in [0.5, 0.6) is 0 Å². The van der Waals surface area contributed by atoms with Crippen molar-refractivity contribution in [2.75, 3.05) is 32.7 Å². The van der Waals surface area contributed by atoms with E-state index in [1.165, 1.54) is 11.3 Å². The fraction of sp³-hybridized carbons (Fsp3) is 0.733. The van der Waals surface area contributed by atoms with Gasteiger partial charge in [-0.1, -0.05) is 6.92 Å². The van der Waals surface area contributed by atoms with Crippen molar-refractivity contribution < 1.29 is 13.5 Å². The topological polar surface area (TPSA) is 60.9 Å². The van der Waals surface area contributed by atoms with Crippen LogP contribution < -0.4 is 0 Å². The number of hydrogen-bond donors (Lipinski definition) is 1. The molecule has 126 valence electrons. The van der Waals surface area contributed by atoms with Crippen molar-refractivity contribution in [2.24, 2.45) is 0 Å². The van der Waals surface area contributed by atoms with Crippen molar-refractivity contribution in [3.63, 3.8) is 0 Å². The number of rotatable bonds is 5. The van der Waals surface area contributed by atoms with Crippen LogP contribution in [-0.2, 0) is 10.0 Å². The van der Waals surface area contributed by atoms with Gasteiger partial charge < -0.3 is 5.11 Å². The SMILES string of the molecule is CC[C@](C)(O)CN1CCN(S(=O)(=O)c2cc(C)sc2C)CC1. The van der Waals surface area contributed by atoms with Gasteiger partial charge in [0.05, 0.1) is 10.5 Å². The van der Waals surface area contributed by atoms with Gasteiger partial charge in [-0.05, 0) is 33.3 Å². The average Bonchev–Trinajstić information content (AvgIpc) is 2.79. The normalized spacial score (nSPS) is 21.0. The second kappa shape index (κ2) is 6.57. The Morgan fingerprint density at radius 2 is 1.86 bits per heavy atom. The van der Waals surface area contributed by atoms with Gasteiger partial charge in [0.2, 0.25) is 10.0 Å². The Morgan fingerprint density at radius 3 is 2.32 bits per heavy atom. The maximum absolute atomic E-state index is 12.7. The van der Waals surface area contributed by atoms with E-state index in [2.05, 4.69) is 4.90 Å². The van der Waals surface area contributed by atoms with Crippen LogP contribution in [0.1, 0.15) is 30.0 Å². The first kappa shape index (κ1) is 17.9. The second-order valence-electron chi connectivity index (χ2n) is 6.31. The van der Waals surface area contributed by atoms with E-state index in [4.69, 9.17) is 0 Å². The largest absolute Gasteiger partial charge is 0.389 e. The number of aryl methyl sites for hydroxylation is 2. The van der Waals surface area contributed by atoms with Gasteiger partial charge in [0.1, 0.15) is 0 Å². The highest BCUT2D eigenvalue weighted by Crippen LogP contribution is 2.28. The fourth-order valence-corrected chi connectivity index (χ4v) is 5.67. The summed E-state index contributed by atoms with van der Waals surface area (Å²) in [4.78, 5) is 4.47. The summed E-state index contributed by atoms with van der Waals surface area (Å²) in [6.07, 6.45) is 0.693. The molecule has 7 heteroatoms. The van der Waals surface area contributed by atoms with Crippen LogP contribution in [0.4, 0.5) is 0 Å². The van der Waals surface area contributed by atoms with Crippen molar-refractivity contribution in [1.82, 2.24) is 9.21 Å². The molecule has 1 atom stereocenters. The van der Waals surface area contributed by atoms with Crippen molar-refractivity contribution in [3.8, 4) is 0 Å². The monoisotopic (exact) mass is 346 g/mol. The maximum Gasteiger partial charge on any atom is 0.244 e. The van der Waals surface area contributed by atoms with Crippen LogP contribution in [0, 0.1) is 13.8 Å². The minimum atomic E-state index is -3.39. The van der Waals surface area contributed by atoms with Crippen molar-refractivity contribution in [1.29, 1.82) is 0 Å². The van der Waals surface area contributed by atoms with E-state index >= 15 is 0 Å². The van der Waals surface area contributed by atoms with Gasteiger partial charge in [-0.15, -0.1) is 11.3 Å². The third kappa shape index (κ3) is 3.89. The molecule has 2 heterocycles. The van der Waals surface area contributed by atoms with E-state index in [1.54, 1.807) is 10.4 Å². The van der Waals surface area contributed by atoms with Gasteiger partial charge in [-0.3, -0.25) is 4.90 Å². The lowest BCUT2D eigenvalue weighted by Gasteiger charge is -2.37. The molecule has 1 aliphatic rings. The molecule has 0 aromatic carbocycles. The molecule has 0 amide bonds. The number of sulfonamides is 1. The highest BCUT2D eigenvalue weighted by molar-refractivity contribution is 7.89. The molecule has 5 nitrogen and oxygen atoms in total. The zero-order chi connectivity index (χ0) is 16.5. The molecule has 0 saturated carbocycles. The van der Waals surface area contributed by atoms with Gasteiger partial charge in [-0.2, -0.15) is 4.31 Å². The minimum Gasteiger partial charge on any atom is -0.389 e. The molecular weight excluding hydrogens is 320 g/mol. The van der Waals surface area contributed by atoms with Gasteiger partial charge >= 0.3 is 0 Å². The Labute approximate surface area is 137 Å². The zero-order valence-electron chi connectivity index (χ0n) is 13.8. The van der Waals surface area contributed by atoms with Gasteiger partial charge in [0.25, 0.3) is 0 Å². The van der Waals surface area contributed by atoms with Crippen molar-refractivity contribution in [3.05, 3.63) is 15.8 Å². The summed E-state index contributed by atoms with van der Waals surface area (Å²) in [5.74, 6) is 0. The maximum atomic E-state index is 12.7. The van der Waals surface area contributed by atoms with Crippen LogP contribution in [0.2, 0.25) is 0 Å². The van der Waals surface area contributed by atoms with Crippen LogP contribution in [-0.4, -0.2) is 61.1 Å². The summed E-state index contributed by atoms with van der Waals surface area (Å²) in [7, 11) is -3.39. The van der Waals surface area contributed by atoms with Gasteiger partial charge in [0, 0.05) is 42.5 Å².